The molecule has 94 valence electrons. The number of benzene rings is 1. The third-order valence-electron chi connectivity index (χ3n) is 3.19. The molecule has 0 saturated carbocycles. The van der Waals surface area contributed by atoms with Crippen molar-refractivity contribution in [2.45, 2.75) is 38.6 Å². The molecule has 17 heavy (non-hydrogen) atoms. The maximum absolute atomic E-state index is 11.2. The van der Waals surface area contributed by atoms with E-state index in [-0.39, 0.29) is 11.5 Å². The van der Waals surface area contributed by atoms with Crippen molar-refractivity contribution in [3.63, 3.8) is 0 Å². The Hall–Kier alpha value is -1.35. The first-order valence-corrected chi connectivity index (χ1v) is 5.95. The summed E-state index contributed by atoms with van der Waals surface area (Å²) in [4.78, 5) is 11.2. The maximum atomic E-state index is 11.2. The van der Waals surface area contributed by atoms with Crippen molar-refractivity contribution in [3.8, 4) is 0 Å². The highest BCUT2D eigenvalue weighted by Crippen LogP contribution is 2.25. The standard InChI is InChI=1S/C14H21NO2/c1-4-14(2,15)12-8-6-5-7-11(12)9-10-13(16)17-3/h5-8H,4,9-10,15H2,1-3H3. The van der Waals surface area contributed by atoms with Gasteiger partial charge < -0.3 is 10.5 Å². The third kappa shape index (κ3) is 3.56. The number of aryl methyl sites for hydroxylation is 1. The molecule has 1 aromatic rings. The number of nitrogens with two attached hydrogens (primary N) is 1. The van der Waals surface area contributed by atoms with Gasteiger partial charge in [0.25, 0.3) is 0 Å². The van der Waals surface area contributed by atoms with Crippen LogP contribution in [0.25, 0.3) is 0 Å². The van der Waals surface area contributed by atoms with Gasteiger partial charge in [-0.1, -0.05) is 31.2 Å². The Morgan fingerprint density at radius 2 is 2.06 bits per heavy atom. The molecule has 0 bridgehead atoms. The fraction of sp³-hybridized carbons (Fsp3) is 0.500. The van der Waals surface area contributed by atoms with E-state index < -0.39 is 0 Å². The first-order valence-electron chi connectivity index (χ1n) is 5.95. The van der Waals surface area contributed by atoms with Gasteiger partial charge in [-0.2, -0.15) is 0 Å². The molecule has 0 aliphatic heterocycles. The van der Waals surface area contributed by atoms with E-state index in [2.05, 4.69) is 11.7 Å². The highest BCUT2D eigenvalue weighted by atomic mass is 16.5. The molecule has 1 atom stereocenters. The van der Waals surface area contributed by atoms with E-state index in [4.69, 9.17) is 5.73 Å². The Bertz CT molecular complexity index is 386. The average molecular weight is 235 g/mol. The highest BCUT2D eigenvalue weighted by Gasteiger charge is 2.21. The zero-order valence-electron chi connectivity index (χ0n) is 10.8. The zero-order chi connectivity index (χ0) is 12.9. The minimum Gasteiger partial charge on any atom is -0.469 e. The van der Waals surface area contributed by atoms with Crippen molar-refractivity contribution < 1.29 is 9.53 Å². The molecule has 0 amide bonds. The van der Waals surface area contributed by atoms with Crippen molar-refractivity contribution in [2.75, 3.05) is 7.11 Å². The predicted molar refractivity (Wildman–Crippen MR) is 68.6 cm³/mol. The summed E-state index contributed by atoms with van der Waals surface area (Å²) in [6, 6.07) is 8.02. The van der Waals surface area contributed by atoms with E-state index in [0.717, 1.165) is 17.5 Å². The van der Waals surface area contributed by atoms with Crippen molar-refractivity contribution in [2.24, 2.45) is 5.73 Å². The number of hydrogen-bond donors (Lipinski definition) is 1. The number of carbonyl (C=O) groups excluding carboxylic acids is 1. The van der Waals surface area contributed by atoms with Gasteiger partial charge in [0, 0.05) is 12.0 Å². The van der Waals surface area contributed by atoms with Crippen LogP contribution in [-0.4, -0.2) is 13.1 Å². The average Bonchev–Trinajstić information content (AvgIpc) is 2.36. The highest BCUT2D eigenvalue weighted by molar-refractivity contribution is 5.69. The van der Waals surface area contributed by atoms with Crippen LogP contribution in [0.3, 0.4) is 0 Å². The van der Waals surface area contributed by atoms with E-state index in [1.165, 1.54) is 7.11 Å². The third-order valence-corrected chi connectivity index (χ3v) is 3.19. The predicted octanol–water partition coefficient (Wildman–Crippen LogP) is 2.38. The molecule has 0 saturated heterocycles. The van der Waals surface area contributed by atoms with E-state index in [1.54, 1.807) is 0 Å². The van der Waals surface area contributed by atoms with Crippen LogP contribution in [0.1, 0.15) is 37.8 Å². The second-order valence-corrected chi connectivity index (χ2v) is 4.50. The topological polar surface area (TPSA) is 52.3 Å². The molecule has 0 aliphatic carbocycles. The van der Waals surface area contributed by atoms with Crippen molar-refractivity contribution in [3.05, 3.63) is 35.4 Å². The van der Waals surface area contributed by atoms with Crippen molar-refractivity contribution in [1.29, 1.82) is 0 Å². The van der Waals surface area contributed by atoms with Gasteiger partial charge in [-0.25, -0.2) is 0 Å². The van der Waals surface area contributed by atoms with E-state index in [0.29, 0.717) is 12.8 Å². The van der Waals surface area contributed by atoms with Crippen molar-refractivity contribution in [1.82, 2.24) is 0 Å². The molecule has 0 spiro atoms. The van der Waals surface area contributed by atoms with Gasteiger partial charge in [0.15, 0.2) is 0 Å². The first kappa shape index (κ1) is 13.7. The molecule has 0 heterocycles. The van der Waals surface area contributed by atoms with Crippen LogP contribution < -0.4 is 5.73 Å². The van der Waals surface area contributed by atoms with Crippen LogP contribution in [-0.2, 0) is 21.5 Å². The van der Waals surface area contributed by atoms with Gasteiger partial charge in [0.1, 0.15) is 0 Å². The molecule has 0 aromatic heterocycles. The molecule has 0 radical (unpaired) electrons. The summed E-state index contributed by atoms with van der Waals surface area (Å²) >= 11 is 0. The van der Waals surface area contributed by atoms with Gasteiger partial charge in [0.2, 0.25) is 0 Å². The fourth-order valence-corrected chi connectivity index (χ4v) is 1.82. The molecule has 0 fully saturated rings. The monoisotopic (exact) mass is 235 g/mol. The molecule has 0 aliphatic rings. The van der Waals surface area contributed by atoms with Crippen LogP contribution in [0.4, 0.5) is 0 Å². The summed E-state index contributed by atoms with van der Waals surface area (Å²) in [7, 11) is 1.41. The van der Waals surface area contributed by atoms with Gasteiger partial charge in [0.05, 0.1) is 7.11 Å². The summed E-state index contributed by atoms with van der Waals surface area (Å²) in [5.41, 5.74) is 8.17. The van der Waals surface area contributed by atoms with Crippen LogP contribution >= 0.6 is 0 Å². The number of ether oxygens (including phenoxy) is 1. The molecule has 3 nitrogen and oxygen atoms in total. The van der Waals surface area contributed by atoms with Gasteiger partial charge >= 0.3 is 5.97 Å². The molecule has 1 aromatic carbocycles. The zero-order valence-corrected chi connectivity index (χ0v) is 10.8. The second-order valence-electron chi connectivity index (χ2n) is 4.50. The SMILES string of the molecule is CCC(C)(N)c1ccccc1CCC(=O)OC. The largest absolute Gasteiger partial charge is 0.469 e. The summed E-state index contributed by atoms with van der Waals surface area (Å²) in [6.45, 7) is 4.08. The lowest BCUT2D eigenvalue weighted by Crippen LogP contribution is -2.33. The van der Waals surface area contributed by atoms with Gasteiger partial charge in [-0.05, 0) is 30.9 Å². The maximum Gasteiger partial charge on any atom is 0.305 e. The van der Waals surface area contributed by atoms with Crippen molar-refractivity contribution >= 4 is 5.97 Å². The lowest BCUT2D eigenvalue weighted by Gasteiger charge is -2.26. The molecule has 3 heteroatoms. The molecule has 1 unspecified atom stereocenters. The van der Waals surface area contributed by atoms with E-state index in [9.17, 15) is 4.79 Å². The molecule has 1 rings (SSSR count). The van der Waals surface area contributed by atoms with Crippen LogP contribution in [0, 0.1) is 0 Å². The number of hydrogen-bond acceptors (Lipinski definition) is 3. The lowest BCUT2D eigenvalue weighted by atomic mass is 9.85. The lowest BCUT2D eigenvalue weighted by molar-refractivity contribution is -0.140. The number of methoxy groups -OCH3 is 1. The Morgan fingerprint density at radius 3 is 2.65 bits per heavy atom. The second kappa shape index (κ2) is 5.82. The summed E-state index contributed by atoms with van der Waals surface area (Å²) in [5, 5.41) is 0. The fourth-order valence-electron chi connectivity index (χ4n) is 1.82. The Labute approximate surface area is 103 Å². The van der Waals surface area contributed by atoms with Crippen LogP contribution in [0.5, 0.6) is 0 Å². The van der Waals surface area contributed by atoms with Gasteiger partial charge in [-0.3, -0.25) is 4.79 Å². The van der Waals surface area contributed by atoms with E-state index >= 15 is 0 Å². The smallest absolute Gasteiger partial charge is 0.305 e. The Morgan fingerprint density at radius 1 is 1.41 bits per heavy atom. The molecular formula is C14H21NO2. The summed E-state index contributed by atoms with van der Waals surface area (Å²) in [5.74, 6) is -0.185. The quantitative estimate of drug-likeness (QED) is 0.797. The number of rotatable bonds is 5. The minimum atomic E-state index is -0.341. The van der Waals surface area contributed by atoms with E-state index in [1.807, 2.05) is 31.2 Å². The molecule has 2 N–H and O–H groups in total. The number of carbonyl (C=O) groups is 1. The Balaban J connectivity index is 2.89. The molecular weight excluding hydrogens is 214 g/mol. The Kier molecular flexibility index (Phi) is 4.70. The normalized spacial score (nSPS) is 14.1. The van der Waals surface area contributed by atoms with Crippen LogP contribution in [0.2, 0.25) is 0 Å². The summed E-state index contributed by atoms with van der Waals surface area (Å²) < 4.78 is 4.65. The minimum absolute atomic E-state index is 0.185. The summed E-state index contributed by atoms with van der Waals surface area (Å²) in [6.07, 6.45) is 1.94. The van der Waals surface area contributed by atoms with Gasteiger partial charge in [-0.15, -0.1) is 0 Å². The number of esters is 1. The van der Waals surface area contributed by atoms with Crippen LogP contribution in [0.15, 0.2) is 24.3 Å². The first-order chi connectivity index (χ1) is 8.01.